The van der Waals surface area contributed by atoms with Crippen LogP contribution in [0.15, 0.2) is 30.9 Å². The van der Waals surface area contributed by atoms with E-state index in [1.807, 2.05) is 19.2 Å². The van der Waals surface area contributed by atoms with Gasteiger partial charge in [0.2, 0.25) is 0 Å². The lowest BCUT2D eigenvalue weighted by Crippen LogP contribution is -2.07. The van der Waals surface area contributed by atoms with Crippen LogP contribution in [-0.2, 0) is 6.54 Å². The molecule has 0 saturated heterocycles. The third-order valence-corrected chi connectivity index (χ3v) is 2.85. The van der Waals surface area contributed by atoms with Crippen LogP contribution in [0.3, 0.4) is 0 Å². The maximum Gasteiger partial charge on any atom is 0.161 e. The van der Waals surface area contributed by atoms with Crippen LogP contribution < -0.4 is 14.8 Å². The molecular formula is C14H17N3O2. The molecule has 2 aromatic rings. The van der Waals surface area contributed by atoms with Crippen molar-refractivity contribution in [2.24, 2.45) is 0 Å². The molecule has 1 N–H and O–H groups in total. The number of nitrogens with zero attached hydrogens (tertiary/aromatic N) is 2. The summed E-state index contributed by atoms with van der Waals surface area (Å²) in [6.07, 6.45) is 5.09. The van der Waals surface area contributed by atoms with E-state index >= 15 is 0 Å². The van der Waals surface area contributed by atoms with Crippen molar-refractivity contribution in [3.8, 4) is 22.6 Å². The van der Waals surface area contributed by atoms with E-state index in [-0.39, 0.29) is 0 Å². The van der Waals surface area contributed by atoms with E-state index < -0.39 is 0 Å². The van der Waals surface area contributed by atoms with Gasteiger partial charge in [0.1, 0.15) is 6.33 Å². The Bertz CT molecular complexity index is 544. The molecule has 5 nitrogen and oxygen atoms in total. The standard InChI is InChI=1S/C14H17N3O2/c1-15-6-10-4-13(18-2)14(19-3)5-12(10)11-7-16-9-17-8-11/h4-5,7-9,15H,6H2,1-3H3. The van der Waals surface area contributed by atoms with Gasteiger partial charge >= 0.3 is 0 Å². The summed E-state index contributed by atoms with van der Waals surface area (Å²) in [4.78, 5) is 8.11. The number of ether oxygens (including phenoxy) is 2. The van der Waals surface area contributed by atoms with E-state index in [0.717, 1.165) is 23.2 Å². The molecule has 0 unspecified atom stereocenters. The first-order chi connectivity index (χ1) is 9.30. The van der Waals surface area contributed by atoms with Crippen LogP contribution in [-0.4, -0.2) is 31.2 Å². The zero-order valence-corrected chi connectivity index (χ0v) is 11.3. The molecular weight excluding hydrogens is 242 g/mol. The third-order valence-electron chi connectivity index (χ3n) is 2.85. The van der Waals surface area contributed by atoms with Gasteiger partial charge < -0.3 is 14.8 Å². The number of methoxy groups -OCH3 is 2. The number of rotatable bonds is 5. The highest BCUT2D eigenvalue weighted by Crippen LogP contribution is 2.35. The van der Waals surface area contributed by atoms with E-state index in [1.54, 1.807) is 26.6 Å². The van der Waals surface area contributed by atoms with Crippen molar-refractivity contribution in [3.63, 3.8) is 0 Å². The van der Waals surface area contributed by atoms with E-state index in [9.17, 15) is 0 Å². The fourth-order valence-electron chi connectivity index (χ4n) is 1.96. The molecule has 0 fully saturated rings. The molecule has 100 valence electrons. The molecule has 19 heavy (non-hydrogen) atoms. The van der Waals surface area contributed by atoms with Crippen LogP contribution in [0.5, 0.6) is 11.5 Å². The second-order valence-corrected chi connectivity index (χ2v) is 4.02. The second kappa shape index (κ2) is 6.15. The Morgan fingerprint density at radius 3 is 2.26 bits per heavy atom. The Kier molecular flexibility index (Phi) is 4.30. The van der Waals surface area contributed by atoms with Crippen LogP contribution in [0.4, 0.5) is 0 Å². The SMILES string of the molecule is CNCc1cc(OC)c(OC)cc1-c1cncnc1. The van der Waals surface area contributed by atoms with E-state index in [1.165, 1.54) is 6.33 Å². The third kappa shape index (κ3) is 2.82. The van der Waals surface area contributed by atoms with E-state index in [0.29, 0.717) is 11.5 Å². The highest BCUT2D eigenvalue weighted by atomic mass is 16.5. The van der Waals surface area contributed by atoms with Crippen LogP contribution in [0.1, 0.15) is 5.56 Å². The molecule has 1 aromatic carbocycles. The van der Waals surface area contributed by atoms with Gasteiger partial charge in [-0.3, -0.25) is 0 Å². The summed E-state index contributed by atoms with van der Waals surface area (Å²) in [5, 5.41) is 3.15. The van der Waals surface area contributed by atoms with Gasteiger partial charge in [-0.1, -0.05) is 0 Å². The zero-order chi connectivity index (χ0) is 13.7. The van der Waals surface area contributed by atoms with Crippen molar-refractivity contribution >= 4 is 0 Å². The van der Waals surface area contributed by atoms with Crippen molar-refractivity contribution in [2.45, 2.75) is 6.54 Å². The maximum atomic E-state index is 5.35. The van der Waals surface area contributed by atoms with Gasteiger partial charge in [-0.15, -0.1) is 0 Å². The minimum atomic E-state index is 0.696. The lowest BCUT2D eigenvalue weighted by atomic mass is 10.0. The number of benzene rings is 1. The lowest BCUT2D eigenvalue weighted by Gasteiger charge is -2.14. The Labute approximate surface area is 112 Å². The molecule has 0 aliphatic heterocycles. The van der Waals surface area contributed by atoms with E-state index in [2.05, 4.69) is 15.3 Å². The fourth-order valence-corrected chi connectivity index (χ4v) is 1.96. The summed E-state index contributed by atoms with van der Waals surface area (Å²) in [7, 11) is 5.16. The van der Waals surface area contributed by atoms with Gasteiger partial charge in [0.05, 0.1) is 14.2 Å². The predicted octanol–water partition coefficient (Wildman–Crippen LogP) is 1.88. The fraction of sp³-hybridized carbons (Fsp3) is 0.286. The van der Waals surface area contributed by atoms with Gasteiger partial charge in [-0.2, -0.15) is 0 Å². The molecule has 5 heteroatoms. The molecule has 2 rings (SSSR count). The summed E-state index contributed by atoms with van der Waals surface area (Å²) < 4.78 is 10.7. The summed E-state index contributed by atoms with van der Waals surface area (Å²) in [5.74, 6) is 1.41. The molecule has 0 spiro atoms. The topological polar surface area (TPSA) is 56.3 Å². The Balaban J connectivity index is 2.57. The first-order valence-corrected chi connectivity index (χ1v) is 5.95. The molecule has 0 aliphatic rings. The van der Waals surface area contributed by atoms with Crippen LogP contribution in [0.2, 0.25) is 0 Å². The van der Waals surface area contributed by atoms with Gasteiger partial charge in [-0.25, -0.2) is 9.97 Å². The highest BCUT2D eigenvalue weighted by molar-refractivity contribution is 5.70. The number of aromatic nitrogens is 2. The highest BCUT2D eigenvalue weighted by Gasteiger charge is 2.12. The Morgan fingerprint density at radius 2 is 1.68 bits per heavy atom. The number of hydrogen-bond donors (Lipinski definition) is 1. The van der Waals surface area contributed by atoms with Crippen molar-refractivity contribution in [2.75, 3.05) is 21.3 Å². The zero-order valence-electron chi connectivity index (χ0n) is 11.3. The number of nitrogens with one attached hydrogen (secondary N) is 1. The van der Waals surface area contributed by atoms with E-state index in [4.69, 9.17) is 9.47 Å². The lowest BCUT2D eigenvalue weighted by molar-refractivity contribution is 0.354. The molecule has 0 atom stereocenters. The largest absolute Gasteiger partial charge is 0.493 e. The molecule has 1 aromatic heterocycles. The summed E-state index contributed by atoms with van der Waals surface area (Å²) in [6, 6.07) is 3.92. The van der Waals surface area contributed by atoms with Gasteiger partial charge in [-0.05, 0) is 30.3 Å². The second-order valence-electron chi connectivity index (χ2n) is 4.02. The van der Waals surface area contributed by atoms with Gasteiger partial charge in [0.25, 0.3) is 0 Å². The minimum absolute atomic E-state index is 0.696. The molecule has 0 amide bonds. The van der Waals surface area contributed by atoms with Crippen LogP contribution >= 0.6 is 0 Å². The van der Waals surface area contributed by atoms with Crippen molar-refractivity contribution < 1.29 is 9.47 Å². The summed E-state index contributed by atoms with van der Waals surface area (Å²) in [5.41, 5.74) is 3.09. The molecule has 0 bridgehead atoms. The van der Waals surface area contributed by atoms with Gasteiger partial charge in [0, 0.05) is 24.5 Å². The predicted molar refractivity (Wildman–Crippen MR) is 73.3 cm³/mol. The molecule has 1 heterocycles. The molecule has 0 radical (unpaired) electrons. The molecule has 0 saturated carbocycles. The van der Waals surface area contributed by atoms with Crippen molar-refractivity contribution in [1.29, 1.82) is 0 Å². The smallest absolute Gasteiger partial charge is 0.161 e. The Hall–Kier alpha value is -2.14. The summed E-state index contributed by atoms with van der Waals surface area (Å²) in [6.45, 7) is 0.727. The Morgan fingerprint density at radius 1 is 1.05 bits per heavy atom. The number of hydrogen-bond acceptors (Lipinski definition) is 5. The average Bonchev–Trinajstić information content (AvgIpc) is 2.48. The first kappa shape index (κ1) is 13.3. The van der Waals surface area contributed by atoms with Crippen molar-refractivity contribution in [3.05, 3.63) is 36.4 Å². The van der Waals surface area contributed by atoms with Crippen LogP contribution in [0, 0.1) is 0 Å². The average molecular weight is 259 g/mol. The maximum absolute atomic E-state index is 5.35. The van der Waals surface area contributed by atoms with Gasteiger partial charge in [0.15, 0.2) is 11.5 Å². The summed E-state index contributed by atoms with van der Waals surface area (Å²) >= 11 is 0. The van der Waals surface area contributed by atoms with Crippen molar-refractivity contribution in [1.82, 2.24) is 15.3 Å². The van der Waals surface area contributed by atoms with Crippen LogP contribution in [0.25, 0.3) is 11.1 Å². The quantitative estimate of drug-likeness (QED) is 0.888. The minimum Gasteiger partial charge on any atom is -0.493 e. The molecule has 0 aliphatic carbocycles. The normalized spacial score (nSPS) is 10.3. The monoisotopic (exact) mass is 259 g/mol. The first-order valence-electron chi connectivity index (χ1n) is 5.95.